The molecule has 0 radical (unpaired) electrons. The van der Waals surface area contributed by atoms with E-state index in [1.165, 1.54) is 17.6 Å². The van der Waals surface area contributed by atoms with E-state index in [0.29, 0.717) is 18.6 Å². The van der Waals surface area contributed by atoms with Crippen LogP contribution in [0.4, 0.5) is 0 Å². The van der Waals surface area contributed by atoms with Gasteiger partial charge in [-0.2, -0.15) is 0 Å². The quantitative estimate of drug-likeness (QED) is 0.516. The van der Waals surface area contributed by atoms with Crippen LogP contribution >= 0.6 is 0 Å². The molecule has 0 saturated carbocycles. The molecule has 2 heterocycles. The Morgan fingerprint density at radius 2 is 1.94 bits per heavy atom. The fraction of sp³-hybridized carbons (Fsp3) is 0.500. The minimum atomic E-state index is -1.34. The van der Waals surface area contributed by atoms with Gasteiger partial charge in [-0.15, -0.1) is 0 Å². The van der Waals surface area contributed by atoms with E-state index in [9.17, 15) is 14.7 Å². The van der Waals surface area contributed by atoms with E-state index in [2.05, 4.69) is 24.5 Å². The summed E-state index contributed by atoms with van der Waals surface area (Å²) in [6.07, 6.45) is 4.20. The van der Waals surface area contributed by atoms with Crippen LogP contribution in [0.2, 0.25) is 0 Å². The van der Waals surface area contributed by atoms with E-state index < -0.39 is 23.8 Å². The molecule has 3 atom stereocenters. The zero-order chi connectivity index (χ0) is 25.5. The van der Waals surface area contributed by atoms with Gasteiger partial charge in [0.05, 0.1) is 13.2 Å². The van der Waals surface area contributed by atoms with Crippen LogP contribution in [0, 0.1) is 0 Å². The lowest BCUT2D eigenvalue weighted by atomic mass is 9.97. The van der Waals surface area contributed by atoms with Crippen molar-refractivity contribution in [2.75, 3.05) is 26.9 Å². The van der Waals surface area contributed by atoms with Gasteiger partial charge in [-0.05, 0) is 42.0 Å². The first kappa shape index (κ1) is 26.3. The number of amides is 2. The van der Waals surface area contributed by atoms with Crippen LogP contribution in [0.3, 0.4) is 0 Å². The number of methoxy groups -OCH3 is 1. The van der Waals surface area contributed by atoms with Crippen molar-refractivity contribution >= 4 is 11.8 Å². The van der Waals surface area contributed by atoms with Crippen molar-refractivity contribution in [3.05, 3.63) is 59.7 Å². The van der Waals surface area contributed by atoms with E-state index in [1.54, 1.807) is 12.1 Å². The zero-order valence-electron chi connectivity index (χ0n) is 21.1. The van der Waals surface area contributed by atoms with Crippen molar-refractivity contribution in [2.45, 2.75) is 63.4 Å². The topological polar surface area (TPSA) is 97.3 Å². The lowest BCUT2D eigenvalue weighted by molar-refractivity contribution is -0.202. The van der Waals surface area contributed by atoms with Crippen LogP contribution in [-0.4, -0.2) is 66.6 Å². The molecule has 8 nitrogen and oxygen atoms in total. The minimum Gasteiger partial charge on any atom is -0.386 e. The van der Waals surface area contributed by atoms with Crippen molar-refractivity contribution in [1.29, 1.82) is 0 Å². The first-order chi connectivity index (χ1) is 17.4. The number of carbonyl (C=O) groups excluding carboxylic acids is 2. The van der Waals surface area contributed by atoms with Crippen LogP contribution in [0.15, 0.2) is 48.5 Å². The molecule has 1 unspecified atom stereocenters. The standard InChI is InChI=1S/C28H36N2O6/c1-3-8-20-12-14-21(15-13-20)22-9-4-5-10-23(22)27(32)30-18-28(33,19-34-2)17-24(30)26(31)29-36-25-11-6-7-16-35-25/h4-5,9-10,12-15,24-25,33H,3,6-8,11,16-19H2,1-2H3,(H,29,31)/t24-,25?,28+/m0/s1. The fourth-order valence-electron chi connectivity index (χ4n) is 4.99. The number of likely N-dealkylation sites (tertiary alicyclic amines) is 1. The molecule has 0 bridgehead atoms. The van der Waals surface area contributed by atoms with Gasteiger partial charge < -0.3 is 19.5 Å². The Morgan fingerprint density at radius 3 is 2.64 bits per heavy atom. The molecule has 36 heavy (non-hydrogen) atoms. The molecule has 0 aromatic heterocycles. The molecule has 2 aromatic carbocycles. The molecular weight excluding hydrogens is 460 g/mol. The number of nitrogens with zero attached hydrogens (tertiary/aromatic N) is 1. The highest BCUT2D eigenvalue weighted by Gasteiger charge is 2.48. The maximum atomic E-state index is 13.9. The average Bonchev–Trinajstić information content (AvgIpc) is 3.26. The third-order valence-corrected chi connectivity index (χ3v) is 6.78. The summed E-state index contributed by atoms with van der Waals surface area (Å²) in [7, 11) is 1.48. The molecule has 2 saturated heterocycles. The first-order valence-corrected chi connectivity index (χ1v) is 12.7. The van der Waals surface area contributed by atoms with E-state index in [4.69, 9.17) is 14.3 Å². The van der Waals surface area contributed by atoms with Gasteiger partial charge in [-0.25, -0.2) is 10.3 Å². The molecule has 2 N–H and O–H groups in total. The second kappa shape index (κ2) is 12.0. The summed E-state index contributed by atoms with van der Waals surface area (Å²) in [6, 6.07) is 14.6. The number of ether oxygens (including phenoxy) is 2. The summed E-state index contributed by atoms with van der Waals surface area (Å²) in [5, 5.41) is 11.1. The highest BCUT2D eigenvalue weighted by atomic mass is 16.8. The van der Waals surface area contributed by atoms with Crippen molar-refractivity contribution in [3.8, 4) is 11.1 Å². The average molecular weight is 497 g/mol. The molecular formula is C28H36N2O6. The number of β-amino-alcohol motifs (C(OH)–C–C–N with tert-alkyl or cyclic N) is 1. The Morgan fingerprint density at radius 1 is 1.17 bits per heavy atom. The summed E-state index contributed by atoms with van der Waals surface area (Å²) in [6.45, 7) is 2.70. The number of aliphatic hydroxyl groups is 1. The molecule has 4 rings (SSSR count). The largest absolute Gasteiger partial charge is 0.386 e. The number of hydrogen-bond acceptors (Lipinski definition) is 6. The Kier molecular flexibility index (Phi) is 8.74. The summed E-state index contributed by atoms with van der Waals surface area (Å²) in [5.74, 6) is -0.824. The number of rotatable bonds is 9. The van der Waals surface area contributed by atoms with Gasteiger partial charge in [-0.1, -0.05) is 55.8 Å². The van der Waals surface area contributed by atoms with Crippen molar-refractivity contribution in [1.82, 2.24) is 10.4 Å². The molecule has 0 spiro atoms. The first-order valence-electron chi connectivity index (χ1n) is 12.7. The lowest BCUT2D eigenvalue weighted by Gasteiger charge is -2.27. The molecule has 8 heteroatoms. The van der Waals surface area contributed by atoms with Crippen molar-refractivity contribution in [2.24, 2.45) is 0 Å². The van der Waals surface area contributed by atoms with E-state index in [-0.39, 0.29) is 25.5 Å². The number of hydroxylamine groups is 1. The van der Waals surface area contributed by atoms with Gasteiger partial charge in [0.1, 0.15) is 11.6 Å². The summed E-state index contributed by atoms with van der Waals surface area (Å²) in [4.78, 5) is 33.9. The SMILES string of the molecule is CCCc1ccc(-c2ccccc2C(=O)N2C[C@@](O)(COC)C[C@H]2C(=O)NOC2CCCCO2)cc1. The van der Waals surface area contributed by atoms with E-state index in [1.807, 2.05) is 24.3 Å². The smallest absolute Gasteiger partial charge is 0.266 e. The Hall–Kier alpha value is -2.78. The second-order valence-electron chi connectivity index (χ2n) is 9.68. The molecule has 2 fully saturated rings. The number of nitrogens with one attached hydrogen (secondary N) is 1. The third-order valence-electron chi connectivity index (χ3n) is 6.78. The molecule has 2 amide bonds. The zero-order valence-corrected chi connectivity index (χ0v) is 21.1. The normalized spacial score (nSPS) is 24.0. The molecule has 194 valence electrons. The molecule has 2 aromatic rings. The monoisotopic (exact) mass is 496 g/mol. The highest BCUT2D eigenvalue weighted by Crippen LogP contribution is 2.32. The van der Waals surface area contributed by atoms with Crippen LogP contribution in [0.1, 0.15) is 54.9 Å². The van der Waals surface area contributed by atoms with Crippen LogP contribution < -0.4 is 5.48 Å². The maximum Gasteiger partial charge on any atom is 0.266 e. The molecule has 2 aliphatic heterocycles. The fourth-order valence-corrected chi connectivity index (χ4v) is 4.99. The van der Waals surface area contributed by atoms with Crippen LogP contribution in [0.5, 0.6) is 0 Å². The second-order valence-corrected chi connectivity index (χ2v) is 9.68. The number of benzene rings is 2. The molecule has 0 aliphatic carbocycles. The maximum absolute atomic E-state index is 13.9. The van der Waals surface area contributed by atoms with Crippen LogP contribution in [-0.2, 0) is 25.5 Å². The van der Waals surface area contributed by atoms with E-state index in [0.717, 1.165) is 36.8 Å². The van der Waals surface area contributed by atoms with Crippen molar-refractivity contribution in [3.63, 3.8) is 0 Å². The minimum absolute atomic E-state index is 0.00763. The van der Waals surface area contributed by atoms with E-state index >= 15 is 0 Å². The van der Waals surface area contributed by atoms with Crippen molar-refractivity contribution < 1.29 is 29.0 Å². The molecule has 2 aliphatic rings. The predicted molar refractivity (Wildman–Crippen MR) is 135 cm³/mol. The lowest BCUT2D eigenvalue weighted by Crippen LogP contribution is -2.47. The Balaban J connectivity index is 1.57. The van der Waals surface area contributed by atoms with Gasteiger partial charge in [0.15, 0.2) is 6.29 Å². The van der Waals surface area contributed by atoms with Gasteiger partial charge >= 0.3 is 0 Å². The summed E-state index contributed by atoms with van der Waals surface area (Å²) < 4.78 is 10.7. The Bertz CT molecular complexity index is 1040. The summed E-state index contributed by atoms with van der Waals surface area (Å²) in [5.41, 5.74) is 4.53. The predicted octanol–water partition coefficient (Wildman–Crippen LogP) is 3.47. The number of carbonyl (C=O) groups is 2. The van der Waals surface area contributed by atoms with Gasteiger partial charge in [0.2, 0.25) is 0 Å². The van der Waals surface area contributed by atoms with Gasteiger partial charge in [-0.3, -0.25) is 9.59 Å². The number of aryl methyl sites for hydroxylation is 1. The summed E-state index contributed by atoms with van der Waals surface area (Å²) >= 11 is 0. The Labute approximate surface area is 212 Å². The third kappa shape index (κ3) is 6.13. The highest BCUT2D eigenvalue weighted by molar-refractivity contribution is 6.03. The van der Waals surface area contributed by atoms with Gasteiger partial charge in [0.25, 0.3) is 11.8 Å². The van der Waals surface area contributed by atoms with Gasteiger partial charge in [0, 0.05) is 32.1 Å². The number of hydrogen-bond donors (Lipinski definition) is 2. The van der Waals surface area contributed by atoms with Crippen LogP contribution in [0.25, 0.3) is 11.1 Å².